The van der Waals surface area contributed by atoms with Crippen LogP contribution in [0.2, 0.25) is 0 Å². The van der Waals surface area contributed by atoms with Gasteiger partial charge in [0.25, 0.3) is 0 Å². The lowest BCUT2D eigenvalue weighted by atomic mass is 10.0. The summed E-state index contributed by atoms with van der Waals surface area (Å²) in [4.78, 5) is 25.3. The van der Waals surface area contributed by atoms with E-state index in [4.69, 9.17) is 13.9 Å². The van der Waals surface area contributed by atoms with E-state index >= 15 is 0 Å². The average Bonchev–Trinajstić information content (AvgIpc) is 3.04. The van der Waals surface area contributed by atoms with E-state index in [1.54, 1.807) is 38.1 Å². The molecule has 4 rings (SSSR count). The van der Waals surface area contributed by atoms with Crippen LogP contribution in [0.1, 0.15) is 33.4 Å². The monoisotopic (exact) mass is 452 g/mol. The van der Waals surface area contributed by atoms with Crippen LogP contribution in [0, 0.1) is 6.92 Å². The largest absolute Gasteiger partial charge is 0.462 e. The number of aryl methyl sites for hydroxylation is 1. The molecule has 0 bridgehead atoms. The van der Waals surface area contributed by atoms with Gasteiger partial charge in [0.2, 0.25) is 0 Å². The number of carbonyl (C=O) groups is 2. The highest BCUT2D eigenvalue weighted by atomic mass is 79.9. The van der Waals surface area contributed by atoms with Gasteiger partial charge in [0, 0.05) is 20.6 Å². The third kappa shape index (κ3) is 3.40. The SMILES string of the molecule is CCOC(=O)c1c(C)oc2c1cc(OC(=O)c1ccccc1Br)c1ccccc12. The van der Waals surface area contributed by atoms with Gasteiger partial charge in [0.1, 0.15) is 22.7 Å². The van der Waals surface area contributed by atoms with Gasteiger partial charge in [-0.1, -0.05) is 36.4 Å². The maximum absolute atomic E-state index is 12.8. The molecule has 0 spiro atoms. The van der Waals surface area contributed by atoms with Crippen LogP contribution in [0.3, 0.4) is 0 Å². The molecule has 0 aliphatic rings. The van der Waals surface area contributed by atoms with Gasteiger partial charge in [0.15, 0.2) is 0 Å². The minimum atomic E-state index is -0.500. The Balaban J connectivity index is 1.91. The molecule has 0 fully saturated rings. The van der Waals surface area contributed by atoms with E-state index in [1.165, 1.54) is 0 Å². The Morgan fingerprint density at radius 1 is 0.966 bits per heavy atom. The van der Waals surface area contributed by atoms with Crippen molar-refractivity contribution in [1.29, 1.82) is 0 Å². The second-order valence-corrected chi connectivity index (χ2v) is 7.27. The number of hydrogen-bond donors (Lipinski definition) is 0. The maximum atomic E-state index is 12.8. The lowest BCUT2D eigenvalue weighted by molar-refractivity contribution is 0.0526. The van der Waals surface area contributed by atoms with Crippen molar-refractivity contribution in [2.75, 3.05) is 6.61 Å². The molecule has 4 aromatic rings. The van der Waals surface area contributed by atoms with E-state index < -0.39 is 11.9 Å². The number of fused-ring (bicyclic) bond motifs is 3. The highest BCUT2D eigenvalue weighted by Gasteiger charge is 2.23. The van der Waals surface area contributed by atoms with Gasteiger partial charge in [-0.05, 0) is 48.0 Å². The van der Waals surface area contributed by atoms with Crippen LogP contribution >= 0.6 is 15.9 Å². The molecule has 0 aliphatic heterocycles. The second kappa shape index (κ2) is 7.72. The Hall–Kier alpha value is -3.12. The van der Waals surface area contributed by atoms with Gasteiger partial charge >= 0.3 is 11.9 Å². The summed E-state index contributed by atoms with van der Waals surface area (Å²) in [7, 11) is 0. The molecule has 6 heteroatoms. The topological polar surface area (TPSA) is 65.7 Å². The highest BCUT2D eigenvalue weighted by molar-refractivity contribution is 9.10. The van der Waals surface area contributed by atoms with Crippen molar-refractivity contribution in [3.05, 3.63) is 76.0 Å². The second-order valence-electron chi connectivity index (χ2n) is 6.42. The molecule has 0 atom stereocenters. The number of benzene rings is 3. The van der Waals surface area contributed by atoms with E-state index in [-0.39, 0.29) is 6.61 Å². The summed E-state index contributed by atoms with van der Waals surface area (Å²) < 4.78 is 17.5. The van der Waals surface area contributed by atoms with Gasteiger partial charge in [-0.3, -0.25) is 0 Å². The first-order chi connectivity index (χ1) is 14.0. The van der Waals surface area contributed by atoms with Crippen LogP contribution in [0.4, 0.5) is 0 Å². The number of furan rings is 1. The normalized spacial score (nSPS) is 11.0. The molecule has 146 valence electrons. The molecule has 1 heterocycles. The quantitative estimate of drug-likeness (QED) is 0.278. The fraction of sp³-hybridized carbons (Fsp3) is 0.130. The Bertz CT molecular complexity index is 1260. The summed E-state index contributed by atoms with van der Waals surface area (Å²) in [5.74, 6) is -0.167. The highest BCUT2D eigenvalue weighted by Crippen LogP contribution is 2.38. The van der Waals surface area contributed by atoms with E-state index in [2.05, 4.69) is 15.9 Å². The van der Waals surface area contributed by atoms with E-state index in [0.717, 1.165) is 5.39 Å². The number of ether oxygens (including phenoxy) is 2. The molecule has 0 radical (unpaired) electrons. The van der Waals surface area contributed by atoms with Crippen molar-refractivity contribution in [1.82, 2.24) is 0 Å². The molecule has 0 saturated carbocycles. The van der Waals surface area contributed by atoms with Crippen LogP contribution in [0.5, 0.6) is 5.75 Å². The first-order valence-electron chi connectivity index (χ1n) is 9.10. The molecule has 0 aliphatic carbocycles. The summed E-state index contributed by atoms with van der Waals surface area (Å²) >= 11 is 3.37. The fourth-order valence-electron chi connectivity index (χ4n) is 3.33. The van der Waals surface area contributed by atoms with Gasteiger partial charge in [-0.2, -0.15) is 0 Å². The van der Waals surface area contributed by atoms with Crippen LogP contribution in [-0.2, 0) is 4.74 Å². The Morgan fingerprint density at radius 2 is 1.66 bits per heavy atom. The van der Waals surface area contributed by atoms with Crippen LogP contribution in [-0.4, -0.2) is 18.5 Å². The van der Waals surface area contributed by atoms with Crippen LogP contribution in [0.15, 0.2) is 63.5 Å². The molecule has 1 aromatic heterocycles. The van der Waals surface area contributed by atoms with Gasteiger partial charge in [-0.25, -0.2) is 9.59 Å². The Morgan fingerprint density at radius 3 is 2.38 bits per heavy atom. The number of halogens is 1. The minimum Gasteiger partial charge on any atom is -0.462 e. The van der Waals surface area contributed by atoms with Gasteiger partial charge in [-0.15, -0.1) is 0 Å². The molecule has 29 heavy (non-hydrogen) atoms. The smallest absolute Gasteiger partial charge is 0.344 e. The number of esters is 2. The van der Waals surface area contributed by atoms with Crippen molar-refractivity contribution in [2.24, 2.45) is 0 Å². The lowest BCUT2D eigenvalue weighted by Gasteiger charge is -2.10. The summed E-state index contributed by atoms with van der Waals surface area (Å²) in [6.45, 7) is 3.71. The predicted octanol–water partition coefficient (Wildman–Crippen LogP) is 6.05. The molecule has 0 unspecified atom stereocenters. The van der Waals surface area contributed by atoms with E-state index in [0.29, 0.717) is 43.5 Å². The maximum Gasteiger partial charge on any atom is 0.344 e. The fourth-order valence-corrected chi connectivity index (χ4v) is 3.77. The van der Waals surface area contributed by atoms with Crippen molar-refractivity contribution >= 4 is 49.6 Å². The third-order valence-electron chi connectivity index (χ3n) is 4.61. The van der Waals surface area contributed by atoms with Crippen molar-refractivity contribution in [3.63, 3.8) is 0 Å². The van der Waals surface area contributed by atoms with Crippen LogP contribution in [0.25, 0.3) is 21.7 Å². The Kier molecular flexibility index (Phi) is 5.11. The number of hydrogen-bond acceptors (Lipinski definition) is 5. The average molecular weight is 453 g/mol. The molecule has 0 saturated heterocycles. The first kappa shape index (κ1) is 19.2. The van der Waals surface area contributed by atoms with E-state index in [9.17, 15) is 9.59 Å². The van der Waals surface area contributed by atoms with Gasteiger partial charge in [0.05, 0.1) is 12.2 Å². The molecular formula is C23H17BrO5. The van der Waals surface area contributed by atoms with Crippen molar-refractivity contribution in [2.45, 2.75) is 13.8 Å². The summed E-state index contributed by atoms with van der Waals surface area (Å²) in [6, 6.07) is 16.1. The zero-order chi connectivity index (χ0) is 20.5. The van der Waals surface area contributed by atoms with Gasteiger partial charge < -0.3 is 13.9 Å². The molecule has 3 aromatic carbocycles. The number of rotatable bonds is 4. The lowest BCUT2D eigenvalue weighted by Crippen LogP contribution is -2.10. The standard InChI is InChI=1S/C23H17BrO5/c1-3-27-23(26)20-13(2)28-21-15-9-5-4-8-14(15)19(12-17(20)21)29-22(25)16-10-6-7-11-18(16)24/h4-12H,3H2,1-2H3. The van der Waals surface area contributed by atoms with E-state index in [1.807, 2.05) is 30.3 Å². The number of carbonyl (C=O) groups excluding carboxylic acids is 2. The third-order valence-corrected chi connectivity index (χ3v) is 5.30. The van der Waals surface area contributed by atoms with Crippen LogP contribution < -0.4 is 4.74 Å². The summed E-state index contributed by atoms with van der Waals surface area (Å²) in [6.07, 6.45) is 0. The molecule has 0 N–H and O–H groups in total. The zero-order valence-corrected chi connectivity index (χ0v) is 17.4. The predicted molar refractivity (Wildman–Crippen MR) is 114 cm³/mol. The first-order valence-corrected chi connectivity index (χ1v) is 9.89. The zero-order valence-electron chi connectivity index (χ0n) is 15.8. The minimum absolute atomic E-state index is 0.252. The van der Waals surface area contributed by atoms with Crippen molar-refractivity contribution in [3.8, 4) is 5.75 Å². The summed E-state index contributed by atoms with van der Waals surface area (Å²) in [5.41, 5.74) is 1.30. The molecule has 5 nitrogen and oxygen atoms in total. The Labute approximate surface area is 175 Å². The molecule has 0 amide bonds. The summed E-state index contributed by atoms with van der Waals surface area (Å²) in [5, 5.41) is 2.01. The molecular weight excluding hydrogens is 436 g/mol. The van der Waals surface area contributed by atoms with Crippen molar-refractivity contribution < 1.29 is 23.5 Å².